The van der Waals surface area contributed by atoms with Gasteiger partial charge in [0.25, 0.3) is 11.6 Å². The number of aryl methyl sites for hydroxylation is 1. The Morgan fingerprint density at radius 1 is 1.38 bits per heavy atom. The number of ether oxygens (including phenoxy) is 1. The highest BCUT2D eigenvalue weighted by molar-refractivity contribution is 5.91. The number of hydrogen-bond donors (Lipinski definition) is 0. The molecule has 3 rings (SSSR count). The predicted octanol–water partition coefficient (Wildman–Crippen LogP) is 2.24. The molecule has 1 aliphatic heterocycles. The minimum Gasteiger partial charge on any atom is -0.452 e. The SMILES string of the molecule is Cc1nnc(COC(=O)c2ccc(N3CCCC3)c([N+](=O)[O-])c2)o1. The second-order valence-corrected chi connectivity index (χ2v) is 5.45. The number of aromatic nitrogens is 2. The summed E-state index contributed by atoms with van der Waals surface area (Å²) in [6.07, 6.45) is 2.01. The van der Waals surface area contributed by atoms with E-state index in [9.17, 15) is 14.9 Å². The molecule has 0 unspecified atom stereocenters. The van der Waals surface area contributed by atoms with Crippen LogP contribution in [0.2, 0.25) is 0 Å². The van der Waals surface area contributed by atoms with Crippen LogP contribution in [0.15, 0.2) is 22.6 Å². The van der Waals surface area contributed by atoms with Gasteiger partial charge in [0, 0.05) is 26.1 Å². The molecule has 0 atom stereocenters. The Bertz CT molecular complexity index is 767. The molecule has 0 N–H and O–H groups in total. The van der Waals surface area contributed by atoms with Crippen LogP contribution in [0.3, 0.4) is 0 Å². The van der Waals surface area contributed by atoms with Crippen molar-refractivity contribution in [2.45, 2.75) is 26.4 Å². The van der Waals surface area contributed by atoms with Crippen LogP contribution in [0, 0.1) is 17.0 Å². The van der Waals surface area contributed by atoms with Crippen molar-refractivity contribution in [2.75, 3.05) is 18.0 Å². The van der Waals surface area contributed by atoms with Crippen LogP contribution < -0.4 is 4.90 Å². The topological polar surface area (TPSA) is 112 Å². The van der Waals surface area contributed by atoms with Crippen molar-refractivity contribution in [3.8, 4) is 0 Å². The third-order valence-electron chi connectivity index (χ3n) is 3.75. The van der Waals surface area contributed by atoms with Gasteiger partial charge in [0.15, 0.2) is 6.61 Å². The lowest BCUT2D eigenvalue weighted by atomic mass is 10.1. The van der Waals surface area contributed by atoms with E-state index in [4.69, 9.17) is 9.15 Å². The standard InChI is InChI=1S/C15H16N4O5/c1-10-16-17-14(24-10)9-23-15(20)11-4-5-12(13(8-11)19(21)22)18-6-2-3-7-18/h4-5,8H,2-3,6-7,9H2,1H3. The maximum atomic E-state index is 12.1. The van der Waals surface area contributed by atoms with E-state index in [1.165, 1.54) is 12.1 Å². The number of carbonyl (C=O) groups is 1. The number of benzene rings is 1. The predicted molar refractivity (Wildman–Crippen MR) is 82.7 cm³/mol. The van der Waals surface area contributed by atoms with E-state index >= 15 is 0 Å². The highest BCUT2D eigenvalue weighted by atomic mass is 16.6. The summed E-state index contributed by atoms with van der Waals surface area (Å²) < 4.78 is 10.2. The summed E-state index contributed by atoms with van der Waals surface area (Å²) in [6, 6.07) is 4.37. The molecule has 0 saturated carbocycles. The Balaban J connectivity index is 1.76. The van der Waals surface area contributed by atoms with Crippen molar-refractivity contribution in [3.05, 3.63) is 45.7 Å². The fourth-order valence-corrected chi connectivity index (χ4v) is 2.63. The first-order valence-electron chi connectivity index (χ1n) is 7.54. The average Bonchev–Trinajstić information content (AvgIpc) is 3.23. The lowest BCUT2D eigenvalue weighted by molar-refractivity contribution is -0.384. The zero-order valence-corrected chi connectivity index (χ0v) is 13.1. The molecule has 1 aliphatic rings. The first-order chi connectivity index (χ1) is 11.5. The quantitative estimate of drug-likeness (QED) is 0.465. The highest BCUT2D eigenvalue weighted by Gasteiger charge is 2.24. The minimum absolute atomic E-state index is 0.0972. The molecule has 9 nitrogen and oxygen atoms in total. The van der Waals surface area contributed by atoms with Gasteiger partial charge in [0.05, 0.1) is 10.5 Å². The molecule has 0 spiro atoms. The van der Waals surface area contributed by atoms with Gasteiger partial charge in [0.2, 0.25) is 5.89 Å². The monoisotopic (exact) mass is 332 g/mol. The van der Waals surface area contributed by atoms with Crippen LogP contribution in [0.4, 0.5) is 11.4 Å². The molecule has 1 saturated heterocycles. The molecule has 2 heterocycles. The Labute approximate surface area is 137 Å². The number of nitro benzene ring substituents is 1. The second kappa shape index (κ2) is 6.65. The molecular formula is C15H16N4O5. The third kappa shape index (κ3) is 3.34. The van der Waals surface area contributed by atoms with Gasteiger partial charge in [-0.05, 0) is 25.0 Å². The van der Waals surface area contributed by atoms with Crippen LogP contribution in [0.1, 0.15) is 35.0 Å². The van der Waals surface area contributed by atoms with Crippen molar-refractivity contribution < 1.29 is 18.9 Å². The number of anilines is 1. The van der Waals surface area contributed by atoms with E-state index in [-0.39, 0.29) is 23.7 Å². The molecule has 1 aromatic carbocycles. The lowest BCUT2D eigenvalue weighted by Crippen LogP contribution is -2.19. The fraction of sp³-hybridized carbons (Fsp3) is 0.400. The van der Waals surface area contributed by atoms with Crippen LogP contribution in [-0.4, -0.2) is 34.2 Å². The molecule has 9 heteroatoms. The van der Waals surface area contributed by atoms with Crippen LogP contribution in [0.5, 0.6) is 0 Å². The van der Waals surface area contributed by atoms with Gasteiger partial charge in [0.1, 0.15) is 5.69 Å². The molecule has 2 aromatic rings. The zero-order chi connectivity index (χ0) is 17.1. The van der Waals surface area contributed by atoms with E-state index in [1.54, 1.807) is 13.0 Å². The third-order valence-corrected chi connectivity index (χ3v) is 3.75. The van der Waals surface area contributed by atoms with Crippen molar-refractivity contribution in [1.29, 1.82) is 0 Å². The number of hydrogen-bond acceptors (Lipinski definition) is 8. The Hall–Kier alpha value is -2.97. The smallest absolute Gasteiger partial charge is 0.338 e. The van der Waals surface area contributed by atoms with Gasteiger partial charge in [-0.25, -0.2) is 4.79 Å². The summed E-state index contributed by atoms with van der Waals surface area (Å²) in [6.45, 7) is 3.00. The fourth-order valence-electron chi connectivity index (χ4n) is 2.63. The molecule has 24 heavy (non-hydrogen) atoms. The van der Waals surface area contributed by atoms with Crippen LogP contribution in [0.25, 0.3) is 0 Å². The maximum Gasteiger partial charge on any atom is 0.338 e. The molecule has 1 fully saturated rings. The average molecular weight is 332 g/mol. The summed E-state index contributed by atoms with van der Waals surface area (Å²) in [5, 5.41) is 18.7. The zero-order valence-electron chi connectivity index (χ0n) is 13.1. The summed E-state index contributed by atoms with van der Waals surface area (Å²) in [7, 11) is 0. The molecule has 1 aromatic heterocycles. The minimum atomic E-state index is -0.679. The van der Waals surface area contributed by atoms with Gasteiger partial charge >= 0.3 is 5.97 Å². The van der Waals surface area contributed by atoms with E-state index in [0.29, 0.717) is 11.6 Å². The van der Waals surface area contributed by atoms with Crippen molar-refractivity contribution in [2.24, 2.45) is 0 Å². The Morgan fingerprint density at radius 3 is 2.75 bits per heavy atom. The van der Waals surface area contributed by atoms with Crippen molar-refractivity contribution in [1.82, 2.24) is 10.2 Å². The van der Waals surface area contributed by atoms with Gasteiger partial charge in [-0.2, -0.15) is 0 Å². The van der Waals surface area contributed by atoms with Crippen LogP contribution >= 0.6 is 0 Å². The summed E-state index contributed by atoms with van der Waals surface area (Å²) in [5.74, 6) is -0.141. The molecule has 126 valence electrons. The first kappa shape index (κ1) is 15.9. The first-order valence-corrected chi connectivity index (χ1v) is 7.54. The number of carbonyl (C=O) groups excluding carboxylic acids is 1. The van der Waals surface area contributed by atoms with E-state index < -0.39 is 10.9 Å². The number of esters is 1. The highest BCUT2D eigenvalue weighted by Crippen LogP contribution is 2.31. The van der Waals surface area contributed by atoms with E-state index in [2.05, 4.69) is 10.2 Å². The summed E-state index contributed by atoms with van der Waals surface area (Å²) >= 11 is 0. The number of nitro groups is 1. The maximum absolute atomic E-state index is 12.1. The number of rotatable bonds is 5. The van der Waals surface area contributed by atoms with Gasteiger partial charge < -0.3 is 14.1 Å². The van der Waals surface area contributed by atoms with Crippen LogP contribution in [-0.2, 0) is 11.3 Å². The second-order valence-electron chi connectivity index (χ2n) is 5.45. The molecule has 0 radical (unpaired) electrons. The molecular weight excluding hydrogens is 316 g/mol. The van der Waals surface area contributed by atoms with E-state index in [1.807, 2.05) is 4.90 Å². The molecule has 0 aliphatic carbocycles. The Morgan fingerprint density at radius 2 is 2.12 bits per heavy atom. The van der Waals surface area contributed by atoms with E-state index in [0.717, 1.165) is 25.9 Å². The number of nitrogens with zero attached hydrogens (tertiary/aromatic N) is 4. The largest absolute Gasteiger partial charge is 0.452 e. The lowest BCUT2D eigenvalue weighted by Gasteiger charge is -2.17. The van der Waals surface area contributed by atoms with Gasteiger partial charge in [-0.15, -0.1) is 10.2 Å². The van der Waals surface area contributed by atoms with Gasteiger partial charge in [-0.3, -0.25) is 10.1 Å². The molecule has 0 bridgehead atoms. The normalized spacial score (nSPS) is 14.0. The molecule has 0 amide bonds. The summed E-state index contributed by atoms with van der Waals surface area (Å²) in [5.41, 5.74) is 0.544. The van der Waals surface area contributed by atoms with Gasteiger partial charge in [-0.1, -0.05) is 0 Å². The van der Waals surface area contributed by atoms with Crippen molar-refractivity contribution >= 4 is 17.3 Å². The van der Waals surface area contributed by atoms with Crippen molar-refractivity contribution in [3.63, 3.8) is 0 Å². The summed E-state index contributed by atoms with van der Waals surface area (Å²) in [4.78, 5) is 24.9. The Kier molecular flexibility index (Phi) is 4.41.